The Balaban J connectivity index is 1.79. The van der Waals surface area contributed by atoms with Crippen LogP contribution in [0.1, 0.15) is 21.8 Å². The number of hydrogen-bond donors (Lipinski definition) is 0. The fourth-order valence-electron chi connectivity index (χ4n) is 4.40. The van der Waals surface area contributed by atoms with Crippen LogP contribution in [0.25, 0.3) is 43.6 Å². The first-order chi connectivity index (χ1) is 16.3. The summed E-state index contributed by atoms with van der Waals surface area (Å²) in [6.07, 6.45) is 0. The van der Waals surface area contributed by atoms with Crippen LogP contribution in [0.3, 0.4) is 0 Å². The summed E-state index contributed by atoms with van der Waals surface area (Å²) in [5, 5.41) is 4.50. The summed E-state index contributed by atoms with van der Waals surface area (Å²) in [6, 6.07) is 16.1. The van der Waals surface area contributed by atoms with Crippen molar-refractivity contribution in [3.05, 3.63) is 84.9 Å². The lowest BCUT2D eigenvalue weighted by molar-refractivity contribution is 0.0847. The van der Waals surface area contributed by atoms with Crippen molar-refractivity contribution in [1.29, 1.82) is 0 Å². The van der Waals surface area contributed by atoms with E-state index in [1.807, 2.05) is 31.2 Å². The smallest absolute Gasteiger partial charge is 0.347 e. The van der Waals surface area contributed by atoms with Gasteiger partial charge < -0.3 is 9.15 Å². The third-order valence-electron chi connectivity index (χ3n) is 6.03. The molecule has 0 unspecified atom stereocenters. The van der Waals surface area contributed by atoms with E-state index in [0.717, 1.165) is 42.7 Å². The summed E-state index contributed by atoms with van der Waals surface area (Å²) >= 11 is 7.24. The van der Waals surface area contributed by atoms with Crippen LogP contribution in [-0.2, 0) is 4.74 Å². The van der Waals surface area contributed by atoms with Crippen molar-refractivity contribution in [2.75, 3.05) is 13.7 Å². The normalized spacial score (nSPS) is 11.6. The van der Waals surface area contributed by atoms with Gasteiger partial charge in [-0.1, -0.05) is 24.3 Å². The highest BCUT2D eigenvalue weighted by molar-refractivity contribution is 9.11. The number of carbonyl (C=O) groups excluding carboxylic acids is 1. The van der Waals surface area contributed by atoms with Crippen molar-refractivity contribution in [2.24, 2.45) is 0 Å². The lowest BCUT2D eigenvalue weighted by Crippen LogP contribution is -2.07. The van der Waals surface area contributed by atoms with Gasteiger partial charge in [-0.15, -0.1) is 0 Å². The number of Topliss-reactive ketones (excluding diaryl/α,β-unsaturated/α-hetero) is 1. The molecule has 0 saturated carbocycles. The second-order valence-electron chi connectivity index (χ2n) is 8.16. The van der Waals surface area contributed by atoms with Gasteiger partial charge in [-0.2, -0.15) is 0 Å². The molecule has 0 atom stereocenters. The zero-order chi connectivity index (χ0) is 24.1. The standard InChI is InChI=1S/C27H19Br2NO4/c1-13-19(11-22-24(25(13)28)27(32)34-14(2)30-22)17-6-4-5-15-10-21-16(9-20(15)17)7-8-18(26(21)29)23(31)12-33-3/h4-11H,12H2,1-3H3. The number of rotatable bonds is 4. The predicted octanol–water partition coefficient (Wildman–Crippen LogP) is 7.13. The molecule has 4 aromatic carbocycles. The first kappa shape index (κ1) is 22.9. The van der Waals surface area contributed by atoms with Gasteiger partial charge in [0.25, 0.3) is 0 Å². The molecule has 5 nitrogen and oxygen atoms in total. The van der Waals surface area contributed by atoms with E-state index >= 15 is 0 Å². The predicted molar refractivity (Wildman–Crippen MR) is 142 cm³/mol. The number of ether oxygens (including phenoxy) is 1. The van der Waals surface area contributed by atoms with E-state index in [1.54, 1.807) is 6.92 Å². The summed E-state index contributed by atoms with van der Waals surface area (Å²) in [5.74, 6) is 0.251. The molecule has 1 heterocycles. The lowest BCUT2D eigenvalue weighted by atomic mass is 9.92. The largest absolute Gasteiger partial charge is 0.408 e. The molecule has 0 aliphatic heterocycles. The molecule has 0 saturated heterocycles. The molecule has 1 aromatic heterocycles. The Morgan fingerprint density at radius 3 is 2.47 bits per heavy atom. The zero-order valence-corrected chi connectivity index (χ0v) is 21.8. The molecule has 0 spiro atoms. The Labute approximate surface area is 212 Å². The van der Waals surface area contributed by atoms with Gasteiger partial charge >= 0.3 is 5.63 Å². The van der Waals surface area contributed by atoms with Crippen molar-refractivity contribution >= 4 is 70.1 Å². The number of fused-ring (bicyclic) bond motifs is 3. The van der Waals surface area contributed by atoms with E-state index in [9.17, 15) is 9.59 Å². The molecule has 0 aliphatic rings. The molecule has 5 rings (SSSR count). The minimum absolute atomic E-state index is 0.0316. The average Bonchev–Trinajstić information content (AvgIpc) is 2.80. The first-order valence-corrected chi connectivity index (χ1v) is 12.2. The van der Waals surface area contributed by atoms with Crippen LogP contribution in [0.2, 0.25) is 0 Å². The minimum Gasteiger partial charge on any atom is -0.408 e. The Kier molecular flexibility index (Phi) is 5.88. The third-order valence-corrected chi connectivity index (χ3v) is 7.88. The van der Waals surface area contributed by atoms with Crippen molar-refractivity contribution in [2.45, 2.75) is 13.8 Å². The number of hydrogen-bond acceptors (Lipinski definition) is 5. The van der Waals surface area contributed by atoms with E-state index in [-0.39, 0.29) is 12.4 Å². The summed E-state index contributed by atoms with van der Waals surface area (Å²) in [4.78, 5) is 29.4. The van der Waals surface area contributed by atoms with E-state index in [4.69, 9.17) is 9.15 Å². The quantitative estimate of drug-likeness (QED) is 0.167. The number of carbonyl (C=O) groups is 1. The van der Waals surface area contributed by atoms with Crippen LogP contribution in [0.15, 0.2) is 66.7 Å². The number of aryl methyl sites for hydroxylation is 1. The van der Waals surface area contributed by atoms with Gasteiger partial charge in [0.15, 0.2) is 11.7 Å². The molecule has 170 valence electrons. The molecule has 34 heavy (non-hydrogen) atoms. The van der Waals surface area contributed by atoms with E-state index in [0.29, 0.717) is 26.8 Å². The van der Waals surface area contributed by atoms with Gasteiger partial charge in [0.1, 0.15) is 12.0 Å². The molecular weight excluding hydrogens is 562 g/mol. The van der Waals surface area contributed by atoms with Crippen LogP contribution < -0.4 is 5.63 Å². The lowest BCUT2D eigenvalue weighted by Gasteiger charge is -2.15. The van der Waals surface area contributed by atoms with Crippen LogP contribution in [0.4, 0.5) is 0 Å². The second-order valence-corrected chi connectivity index (χ2v) is 9.75. The van der Waals surface area contributed by atoms with Gasteiger partial charge in [0, 0.05) is 28.5 Å². The van der Waals surface area contributed by atoms with E-state index < -0.39 is 5.63 Å². The molecule has 0 fully saturated rings. The molecule has 0 amide bonds. The van der Waals surface area contributed by atoms with Crippen molar-refractivity contribution in [1.82, 2.24) is 4.98 Å². The zero-order valence-electron chi connectivity index (χ0n) is 18.7. The van der Waals surface area contributed by atoms with Crippen LogP contribution in [0, 0.1) is 13.8 Å². The molecule has 0 N–H and O–H groups in total. The topological polar surface area (TPSA) is 69.4 Å². The average molecular weight is 581 g/mol. The number of benzene rings is 4. The molecule has 5 aromatic rings. The highest BCUT2D eigenvalue weighted by Gasteiger charge is 2.18. The van der Waals surface area contributed by atoms with Crippen molar-refractivity contribution in [3.63, 3.8) is 0 Å². The number of halogens is 2. The number of ketones is 1. The van der Waals surface area contributed by atoms with Crippen LogP contribution >= 0.6 is 31.9 Å². The van der Waals surface area contributed by atoms with Gasteiger partial charge in [0.2, 0.25) is 0 Å². The Hall–Kier alpha value is -2.87. The number of methoxy groups -OCH3 is 1. The highest BCUT2D eigenvalue weighted by atomic mass is 79.9. The fourth-order valence-corrected chi connectivity index (χ4v) is 5.67. The van der Waals surface area contributed by atoms with Gasteiger partial charge in [-0.3, -0.25) is 4.79 Å². The van der Waals surface area contributed by atoms with Gasteiger partial charge in [-0.25, -0.2) is 9.78 Å². The molecule has 0 aliphatic carbocycles. The maximum absolute atomic E-state index is 12.5. The fraction of sp³-hybridized carbons (Fsp3) is 0.148. The van der Waals surface area contributed by atoms with Crippen LogP contribution in [0.5, 0.6) is 0 Å². The Morgan fingerprint density at radius 2 is 1.71 bits per heavy atom. The molecule has 0 radical (unpaired) electrons. The molecule has 0 bridgehead atoms. The summed E-state index contributed by atoms with van der Waals surface area (Å²) in [5.41, 5.74) is 3.72. The van der Waals surface area contributed by atoms with E-state index in [2.05, 4.69) is 61.1 Å². The van der Waals surface area contributed by atoms with Crippen molar-refractivity contribution < 1.29 is 13.9 Å². The summed E-state index contributed by atoms with van der Waals surface area (Å²) in [6.45, 7) is 3.67. The van der Waals surface area contributed by atoms with Crippen molar-refractivity contribution in [3.8, 4) is 11.1 Å². The summed E-state index contributed by atoms with van der Waals surface area (Å²) < 4.78 is 11.7. The molecular formula is C27H19Br2NO4. The summed E-state index contributed by atoms with van der Waals surface area (Å²) in [7, 11) is 1.51. The Bertz CT molecular complexity index is 1710. The van der Waals surface area contributed by atoms with Gasteiger partial charge in [-0.05, 0) is 101 Å². The number of nitrogens with zero attached hydrogens (tertiary/aromatic N) is 1. The first-order valence-electron chi connectivity index (χ1n) is 10.6. The Morgan fingerprint density at radius 1 is 0.971 bits per heavy atom. The monoisotopic (exact) mass is 579 g/mol. The van der Waals surface area contributed by atoms with E-state index in [1.165, 1.54) is 7.11 Å². The van der Waals surface area contributed by atoms with Crippen LogP contribution in [-0.4, -0.2) is 24.5 Å². The second kappa shape index (κ2) is 8.73. The number of aromatic nitrogens is 1. The maximum atomic E-state index is 12.5. The molecule has 7 heteroatoms. The minimum atomic E-state index is -0.406. The maximum Gasteiger partial charge on any atom is 0.347 e. The third kappa shape index (κ3) is 3.68. The highest BCUT2D eigenvalue weighted by Crippen LogP contribution is 2.39. The SMILES string of the molecule is COCC(=O)c1ccc2cc3c(-c4cc5nc(C)oc(=O)c5c(Br)c4C)cccc3cc2c1Br. The van der Waals surface area contributed by atoms with Gasteiger partial charge in [0.05, 0.1) is 5.52 Å².